The summed E-state index contributed by atoms with van der Waals surface area (Å²) >= 11 is 0. The van der Waals surface area contributed by atoms with Crippen LogP contribution in [0.25, 0.3) is 0 Å². The number of nitrogens with two attached hydrogens (primary N) is 1. The van der Waals surface area contributed by atoms with E-state index in [4.69, 9.17) is 5.73 Å². The molecule has 2 N–H and O–H groups in total. The largest absolute Gasteiger partial charge is 0.330 e. The highest BCUT2D eigenvalue weighted by molar-refractivity contribution is 5.80. The summed E-state index contributed by atoms with van der Waals surface area (Å²) in [6, 6.07) is 1.94. The van der Waals surface area contributed by atoms with Crippen molar-refractivity contribution in [2.45, 2.75) is 20.3 Å². The van der Waals surface area contributed by atoms with E-state index in [-0.39, 0.29) is 11.8 Å². The van der Waals surface area contributed by atoms with Gasteiger partial charge in [0.05, 0.1) is 0 Å². The van der Waals surface area contributed by atoms with Gasteiger partial charge in [-0.2, -0.15) is 0 Å². The molecule has 0 aromatic carbocycles. The van der Waals surface area contributed by atoms with Crippen LogP contribution in [0.4, 0.5) is 0 Å². The number of carbonyl (C=O) groups excluding carboxylic acids is 1. The van der Waals surface area contributed by atoms with Gasteiger partial charge < -0.3 is 5.73 Å². The molecule has 0 aliphatic carbocycles. The van der Waals surface area contributed by atoms with E-state index in [1.165, 1.54) is 0 Å². The average molecular weight is 180 g/mol. The average Bonchev–Trinajstić information content (AvgIpc) is 2.52. The summed E-state index contributed by atoms with van der Waals surface area (Å²) in [6.45, 7) is 4.41. The minimum absolute atomic E-state index is 0.0399. The molecule has 3 nitrogen and oxygen atoms in total. The molecule has 72 valence electrons. The Labute approximate surface area is 78.5 Å². The molecular weight excluding hydrogens is 164 g/mol. The molecular formula is C10H16N2O. The van der Waals surface area contributed by atoms with Crippen LogP contribution >= 0.6 is 0 Å². The fourth-order valence-electron chi connectivity index (χ4n) is 1.19. The monoisotopic (exact) mass is 180 g/mol. The standard InChI is InChI=1S/C10H16N2O/c1-8(2)10(13)12-6-4-9(7-12)3-5-11/h4,6-8H,3,5,11H2,1-2H3. The first-order valence-electron chi connectivity index (χ1n) is 4.56. The summed E-state index contributed by atoms with van der Waals surface area (Å²) in [5, 5.41) is 0. The van der Waals surface area contributed by atoms with Crippen LogP contribution in [0, 0.1) is 5.92 Å². The highest BCUT2D eigenvalue weighted by Gasteiger charge is 2.08. The van der Waals surface area contributed by atoms with Gasteiger partial charge in [-0.1, -0.05) is 13.8 Å². The van der Waals surface area contributed by atoms with E-state index in [0.717, 1.165) is 12.0 Å². The summed E-state index contributed by atoms with van der Waals surface area (Å²) in [7, 11) is 0. The molecule has 3 heteroatoms. The Morgan fingerprint density at radius 3 is 2.85 bits per heavy atom. The maximum absolute atomic E-state index is 11.5. The van der Waals surface area contributed by atoms with E-state index in [1.54, 1.807) is 10.8 Å². The normalized spacial score (nSPS) is 10.8. The summed E-state index contributed by atoms with van der Waals surface area (Å²) in [5.74, 6) is 0.168. The molecule has 0 aliphatic heterocycles. The van der Waals surface area contributed by atoms with Gasteiger partial charge in [-0.25, -0.2) is 0 Å². The summed E-state index contributed by atoms with van der Waals surface area (Å²) in [6.07, 6.45) is 4.49. The third kappa shape index (κ3) is 2.42. The minimum Gasteiger partial charge on any atom is -0.330 e. The summed E-state index contributed by atoms with van der Waals surface area (Å²) in [4.78, 5) is 11.5. The van der Waals surface area contributed by atoms with Crippen molar-refractivity contribution in [2.24, 2.45) is 11.7 Å². The van der Waals surface area contributed by atoms with Crippen molar-refractivity contribution in [3.05, 3.63) is 24.0 Å². The van der Waals surface area contributed by atoms with Gasteiger partial charge in [-0.15, -0.1) is 0 Å². The Morgan fingerprint density at radius 2 is 2.31 bits per heavy atom. The molecule has 0 aliphatic rings. The molecule has 0 saturated heterocycles. The van der Waals surface area contributed by atoms with Crippen molar-refractivity contribution in [3.63, 3.8) is 0 Å². The van der Waals surface area contributed by atoms with Crippen molar-refractivity contribution in [1.29, 1.82) is 0 Å². The van der Waals surface area contributed by atoms with Crippen LogP contribution in [0.2, 0.25) is 0 Å². The van der Waals surface area contributed by atoms with Gasteiger partial charge in [-0.05, 0) is 24.6 Å². The van der Waals surface area contributed by atoms with E-state index in [2.05, 4.69) is 0 Å². The van der Waals surface area contributed by atoms with E-state index >= 15 is 0 Å². The molecule has 0 bridgehead atoms. The van der Waals surface area contributed by atoms with Crippen LogP contribution in [0.5, 0.6) is 0 Å². The van der Waals surface area contributed by atoms with Crippen molar-refractivity contribution >= 4 is 5.91 Å². The molecule has 0 atom stereocenters. The zero-order valence-electron chi connectivity index (χ0n) is 8.16. The molecule has 0 amide bonds. The number of nitrogens with zero attached hydrogens (tertiary/aromatic N) is 1. The van der Waals surface area contributed by atoms with E-state index in [0.29, 0.717) is 6.54 Å². The Hall–Kier alpha value is -1.09. The molecule has 13 heavy (non-hydrogen) atoms. The second-order valence-electron chi connectivity index (χ2n) is 3.46. The highest BCUT2D eigenvalue weighted by Crippen LogP contribution is 2.05. The third-order valence-corrected chi connectivity index (χ3v) is 1.94. The van der Waals surface area contributed by atoms with Crippen LogP contribution in [-0.4, -0.2) is 17.0 Å². The number of rotatable bonds is 3. The molecule has 0 unspecified atom stereocenters. The predicted molar refractivity (Wildman–Crippen MR) is 52.7 cm³/mol. The molecule has 1 aromatic rings. The van der Waals surface area contributed by atoms with Gasteiger partial charge in [0.15, 0.2) is 0 Å². The Morgan fingerprint density at radius 1 is 1.62 bits per heavy atom. The second-order valence-corrected chi connectivity index (χ2v) is 3.46. The quantitative estimate of drug-likeness (QED) is 0.761. The lowest BCUT2D eigenvalue weighted by molar-refractivity contribution is 0.0855. The van der Waals surface area contributed by atoms with Crippen LogP contribution in [0.1, 0.15) is 24.2 Å². The smallest absolute Gasteiger partial charge is 0.233 e. The minimum atomic E-state index is 0.0399. The molecule has 0 radical (unpaired) electrons. The first-order valence-corrected chi connectivity index (χ1v) is 4.56. The Kier molecular flexibility index (Phi) is 3.25. The lowest BCUT2D eigenvalue weighted by Gasteiger charge is -2.03. The molecule has 0 spiro atoms. The number of hydrogen-bond donors (Lipinski definition) is 1. The van der Waals surface area contributed by atoms with Crippen LogP contribution in [-0.2, 0) is 6.42 Å². The van der Waals surface area contributed by atoms with Crippen molar-refractivity contribution in [2.75, 3.05) is 6.54 Å². The number of aromatic nitrogens is 1. The maximum atomic E-state index is 11.5. The van der Waals surface area contributed by atoms with Gasteiger partial charge in [0, 0.05) is 18.3 Å². The molecule has 1 rings (SSSR count). The van der Waals surface area contributed by atoms with Crippen LogP contribution in [0.3, 0.4) is 0 Å². The fraction of sp³-hybridized carbons (Fsp3) is 0.500. The van der Waals surface area contributed by atoms with Crippen LogP contribution in [0.15, 0.2) is 18.5 Å². The second kappa shape index (κ2) is 4.23. The van der Waals surface area contributed by atoms with Crippen LogP contribution < -0.4 is 5.73 Å². The zero-order valence-corrected chi connectivity index (χ0v) is 8.16. The SMILES string of the molecule is CC(C)C(=O)n1ccc(CCN)c1. The summed E-state index contributed by atoms with van der Waals surface area (Å²) in [5.41, 5.74) is 6.53. The first kappa shape index (κ1) is 9.99. The van der Waals surface area contributed by atoms with Gasteiger partial charge in [0.1, 0.15) is 0 Å². The predicted octanol–water partition coefficient (Wildman–Crippen LogP) is 1.29. The van der Waals surface area contributed by atoms with Gasteiger partial charge in [-0.3, -0.25) is 9.36 Å². The fourth-order valence-corrected chi connectivity index (χ4v) is 1.19. The zero-order chi connectivity index (χ0) is 9.84. The summed E-state index contributed by atoms with van der Waals surface area (Å²) < 4.78 is 1.63. The molecule has 1 heterocycles. The lowest BCUT2D eigenvalue weighted by Crippen LogP contribution is -2.14. The van der Waals surface area contributed by atoms with Crippen molar-refractivity contribution in [3.8, 4) is 0 Å². The van der Waals surface area contributed by atoms with Gasteiger partial charge in [0.2, 0.25) is 5.91 Å². The Balaban J connectivity index is 2.73. The molecule has 1 aromatic heterocycles. The van der Waals surface area contributed by atoms with Gasteiger partial charge >= 0.3 is 0 Å². The first-order chi connectivity index (χ1) is 6.15. The van der Waals surface area contributed by atoms with E-state index < -0.39 is 0 Å². The topological polar surface area (TPSA) is 48.0 Å². The van der Waals surface area contributed by atoms with Crippen molar-refractivity contribution < 1.29 is 4.79 Å². The van der Waals surface area contributed by atoms with E-state index in [9.17, 15) is 4.79 Å². The molecule has 0 saturated carbocycles. The Bertz CT molecular complexity index is 289. The lowest BCUT2D eigenvalue weighted by atomic mass is 10.2. The number of carbonyl (C=O) groups is 1. The molecule has 0 fully saturated rings. The van der Waals surface area contributed by atoms with Crippen molar-refractivity contribution in [1.82, 2.24) is 4.57 Å². The third-order valence-electron chi connectivity index (χ3n) is 1.94. The highest BCUT2D eigenvalue weighted by atomic mass is 16.2. The number of hydrogen-bond acceptors (Lipinski definition) is 2. The maximum Gasteiger partial charge on any atom is 0.233 e. The van der Waals surface area contributed by atoms with Gasteiger partial charge in [0.25, 0.3) is 0 Å². The van der Waals surface area contributed by atoms with E-state index in [1.807, 2.05) is 26.1 Å².